The van der Waals surface area contributed by atoms with Crippen LogP contribution in [0.2, 0.25) is 0 Å². The number of hydrogen-bond donors (Lipinski definition) is 1. The van der Waals surface area contributed by atoms with E-state index in [4.69, 9.17) is 0 Å². The zero-order valence-electron chi connectivity index (χ0n) is 11.9. The molecular formula is C17H12F2N2OS. The summed E-state index contributed by atoms with van der Waals surface area (Å²) in [6, 6.07) is 12.5. The zero-order valence-corrected chi connectivity index (χ0v) is 12.7. The number of nitrogens with zero attached hydrogens (tertiary/aromatic N) is 1. The van der Waals surface area contributed by atoms with Gasteiger partial charge in [-0.3, -0.25) is 4.79 Å². The number of anilines is 1. The van der Waals surface area contributed by atoms with Crippen LogP contribution >= 0.6 is 11.3 Å². The molecule has 116 valence electrons. The number of carbonyl (C=O) groups excluding carboxylic acids is 1. The molecule has 0 bridgehead atoms. The number of amides is 1. The van der Waals surface area contributed by atoms with Crippen molar-refractivity contribution in [1.29, 1.82) is 0 Å². The Morgan fingerprint density at radius 3 is 2.70 bits per heavy atom. The topological polar surface area (TPSA) is 42.0 Å². The highest BCUT2D eigenvalue weighted by Gasteiger charge is 2.11. The molecule has 1 amide bonds. The highest BCUT2D eigenvalue weighted by Crippen LogP contribution is 2.23. The molecule has 1 N–H and O–H groups in total. The molecule has 0 aliphatic rings. The van der Waals surface area contributed by atoms with Crippen molar-refractivity contribution in [2.45, 2.75) is 6.42 Å². The maximum absolute atomic E-state index is 13.5. The van der Waals surface area contributed by atoms with E-state index in [9.17, 15) is 13.6 Å². The van der Waals surface area contributed by atoms with Gasteiger partial charge in [0.2, 0.25) is 5.91 Å². The van der Waals surface area contributed by atoms with Crippen molar-refractivity contribution < 1.29 is 13.6 Å². The molecule has 0 fully saturated rings. The normalized spacial score (nSPS) is 10.5. The van der Waals surface area contributed by atoms with E-state index < -0.39 is 17.5 Å². The van der Waals surface area contributed by atoms with Gasteiger partial charge in [0, 0.05) is 17.0 Å². The van der Waals surface area contributed by atoms with E-state index in [0.29, 0.717) is 5.69 Å². The molecular weight excluding hydrogens is 318 g/mol. The van der Waals surface area contributed by atoms with Gasteiger partial charge >= 0.3 is 0 Å². The second-order valence-electron chi connectivity index (χ2n) is 4.86. The van der Waals surface area contributed by atoms with Crippen LogP contribution in [-0.4, -0.2) is 10.9 Å². The Bertz CT molecular complexity index is 834. The number of carbonyl (C=O) groups is 1. The number of hydrogen-bond acceptors (Lipinski definition) is 3. The molecule has 23 heavy (non-hydrogen) atoms. The number of benzene rings is 2. The number of aromatic nitrogens is 1. The van der Waals surface area contributed by atoms with Crippen LogP contribution < -0.4 is 5.32 Å². The van der Waals surface area contributed by atoms with Gasteiger partial charge < -0.3 is 5.32 Å². The number of thiazole rings is 1. The average Bonchev–Trinajstić information content (AvgIpc) is 3.00. The van der Waals surface area contributed by atoms with Crippen LogP contribution in [0.25, 0.3) is 10.6 Å². The summed E-state index contributed by atoms with van der Waals surface area (Å²) >= 11 is 1.43. The van der Waals surface area contributed by atoms with E-state index in [0.717, 1.165) is 28.8 Å². The Kier molecular flexibility index (Phi) is 4.43. The molecule has 0 saturated carbocycles. The van der Waals surface area contributed by atoms with Crippen LogP contribution in [0, 0.1) is 11.6 Å². The van der Waals surface area contributed by atoms with E-state index in [1.807, 2.05) is 30.3 Å². The first-order valence-corrected chi connectivity index (χ1v) is 7.74. The Labute approximate surface area is 135 Å². The Hall–Kier alpha value is -2.60. The SMILES string of the molecule is O=C(Cc1csc(-c2ccccc2)n1)Nc1cc(F)ccc1F. The lowest BCUT2D eigenvalue weighted by Gasteiger charge is -2.05. The largest absolute Gasteiger partial charge is 0.323 e. The quantitative estimate of drug-likeness (QED) is 0.776. The molecule has 1 aromatic heterocycles. The molecule has 0 atom stereocenters. The molecule has 0 radical (unpaired) electrons. The maximum Gasteiger partial charge on any atom is 0.230 e. The van der Waals surface area contributed by atoms with Crippen LogP contribution in [0.5, 0.6) is 0 Å². The molecule has 1 heterocycles. The van der Waals surface area contributed by atoms with Gasteiger partial charge in [-0.25, -0.2) is 13.8 Å². The Morgan fingerprint density at radius 1 is 1.13 bits per heavy atom. The number of rotatable bonds is 4. The third-order valence-electron chi connectivity index (χ3n) is 3.12. The first-order valence-electron chi connectivity index (χ1n) is 6.86. The maximum atomic E-state index is 13.5. The minimum atomic E-state index is -0.678. The van der Waals surface area contributed by atoms with Crippen molar-refractivity contribution in [2.24, 2.45) is 0 Å². The van der Waals surface area contributed by atoms with Gasteiger partial charge in [0.1, 0.15) is 16.6 Å². The second kappa shape index (κ2) is 6.66. The van der Waals surface area contributed by atoms with Crippen LogP contribution in [0.1, 0.15) is 5.69 Å². The third-order valence-corrected chi connectivity index (χ3v) is 4.06. The van der Waals surface area contributed by atoms with Crippen molar-refractivity contribution in [2.75, 3.05) is 5.32 Å². The van der Waals surface area contributed by atoms with Crippen LogP contribution in [0.3, 0.4) is 0 Å². The molecule has 0 spiro atoms. The molecule has 3 aromatic rings. The predicted octanol–water partition coefficient (Wildman–Crippen LogP) is 4.27. The van der Waals surface area contributed by atoms with E-state index in [1.54, 1.807) is 5.38 Å². The van der Waals surface area contributed by atoms with Gasteiger partial charge in [-0.2, -0.15) is 0 Å². The lowest BCUT2D eigenvalue weighted by molar-refractivity contribution is -0.115. The summed E-state index contributed by atoms with van der Waals surface area (Å²) in [5, 5.41) is 4.95. The Morgan fingerprint density at radius 2 is 1.91 bits per heavy atom. The highest BCUT2D eigenvalue weighted by atomic mass is 32.1. The van der Waals surface area contributed by atoms with Crippen molar-refractivity contribution in [3.05, 3.63) is 71.2 Å². The number of halogens is 2. The third kappa shape index (κ3) is 3.78. The van der Waals surface area contributed by atoms with E-state index >= 15 is 0 Å². The fourth-order valence-electron chi connectivity index (χ4n) is 2.05. The summed E-state index contributed by atoms with van der Waals surface area (Å²) in [6.45, 7) is 0. The van der Waals surface area contributed by atoms with Crippen LogP contribution in [-0.2, 0) is 11.2 Å². The molecule has 0 aliphatic carbocycles. The van der Waals surface area contributed by atoms with Gasteiger partial charge in [0.15, 0.2) is 0 Å². The summed E-state index contributed by atoms with van der Waals surface area (Å²) in [7, 11) is 0. The van der Waals surface area contributed by atoms with Crippen molar-refractivity contribution >= 4 is 22.9 Å². The van der Waals surface area contributed by atoms with Crippen LogP contribution in [0.4, 0.5) is 14.5 Å². The van der Waals surface area contributed by atoms with Gasteiger partial charge in [0.25, 0.3) is 0 Å². The molecule has 3 nitrogen and oxygen atoms in total. The summed E-state index contributed by atoms with van der Waals surface area (Å²) in [5.41, 5.74) is 1.39. The molecule has 6 heteroatoms. The number of nitrogens with one attached hydrogen (secondary N) is 1. The molecule has 0 aliphatic heterocycles. The molecule has 2 aromatic carbocycles. The van der Waals surface area contributed by atoms with Crippen LogP contribution in [0.15, 0.2) is 53.9 Å². The summed E-state index contributed by atoms with van der Waals surface area (Å²) in [4.78, 5) is 16.3. The first kappa shape index (κ1) is 15.3. The van der Waals surface area contributed by atoms with Gasteiger partial charge in [-0.05, 0) is 12.1 Å². The smallest absolute Gasteiger partial charge is 0.230 e. The van der Waals surface area contributed by atoms with E-state index in [1.165, 1.54) is 11.3 Å². The van der Waals surface area contributed by atoms with Gasteiger partial charge in [-0.1, -0.05) is 30.3 Å². The lowest BCUT2D eigenvalue weighted by Crippen LogP contribution is -2.15. The second-order valence-corrected chi connectivity index (χ2v) is 5.72. The van der Waals surface area contributed by atoms with Crippen molar-refractivity contribution in [3.8, 4) is 10.6 Å². The van der Waals surface area contributed by atoms with Gasteiger partial charge in [-0.15, -0.1) is 11.3 Å². The van der Waals surface area contributed by atoms with Crippen molar-refractivity contribution in [1.82, 2.24) is 4.98 Å². The Balaban J connectivity index is 1.69. The highest BCUT2D eigenvalue weighted by molar-refractivity contribution is 7.13. The monoisotopic (exact) mass is 330 g/mol. The van der Waals surface area contributed by atoms with E-state index in [2.05, 4.69) is 10.3 Å². The predicted molar refractivity (Wildman–Crippen MR) is 86.2 cm³/mol. The fourth-order valence-corrected chi connectivity index (χ4v) is 2.88. The minimum absolute atomic E-state index is 0.000707. The fraction of sp³-hybridized carbons (Fsp3) is 0.0588. The zero-order chi connectivity index (χ0) is 16.2. The van der Waals surface area contributed by atoms with Gasteiger partial charge in [0.05, 0.1) is 17.8 Å². The standard InChI is InChI=1S/C17H12F2N2OS/c18-12-6-7-14(19)15(8-12)21-16(22)9-13-10-23-17(20-13)11-4-2-1-3-5-11/h1-8,10H,9H2,(H,21,22). The molecule has 0 unspecified atom stereocenters. The van der Waals surface area contributed by atoms with E-state index in [-0.39, 0.29) is 12.1 Å². The first-order chi connectivity index (χ1) is 11.1. The molecule has 3 rings (SSSR count). The lowest BCUT2D eigenvalue weighted by atomic mass is 10.2. The van der Waals surface area contributed by atoms with Crippen molar-refractivity contribution in [3.63, 3.8) is 0 Å². The average molecular weight is 330 g/mol. The minimum Gasteiger partial charge on any atom is -0.323 e. The summed E-state index contributed by atoms with van der Waals surface area (Å²) in [6.07, 6.45) is -0.000707. The summed E-state index contributed by atoms with van der Waals surface area (Å²) in [5.74, 6) is -1.73. The summed E-state index contributed by atoms with van der Waals surface area (Å²) < 4.78 is 26.6. The molecule has 0 saturated heterocycles.